The highest BCUT2D eigenvalue weighted by molar-refractivity contribution is 7.98. The Morgan fingerprint density at radius 2 is 1.95 bits per heavy atom. The van der Waals surface area contributed by atoms with Crippen molar-refractivity contribution in [2.45, 2.75) is 11.5 Å². The molecule has 0 fully saturated rings. The number of thioether (sulfide) groups is 1. The molecule has 0 aliphatic carbocycles. The summed E-state index contributed by atoms with van der Waals surface area (Å²) in [5.41, 5.74) is 6.37. The number of nitrogens with one attached hydrogen (secondary N) is 1. The minimum Gasteiger partial charge on any atom is -0.489 e. The van der Waals surface area contributed by atoms with Crippen molar-refractivity contribution >= 4 is 17.6 Å². The molecule has 0 aromatic heterocycles. The fourth-order valence-electron chi connectivity index (χ4n) is 1.73. The highest BCUT2D eigenvalue weighted by Gasteiger charge is 2.04. The summed E-state index contributed by atoms with van der Waals surface area (Å²) in [6.07, 6.45) is 2.01. The maximum Gasteiger partial charge on any atom is 0.124 e. The van der Waals surface area contributed by atoms with Crippen LogP contribution in [0.15, 0.2) is 47.4 Å². The molecule has 0 amide bonds. The Hall–Kier alpha value is -2.01. The van der Waals surface area contributed by atoms with E-state index in [1.807, 2.05) is 30.5 Å². The van der Waals surface area contributed by atoms with Crippen LogP contribution in [0.3, 0.4) is 0 Å². The highest BCUT2D eigenvalue weighted by Crippen LogP contribution is 2.20. The molecule has 0 heterocycles. The van der Waals surface area contributed by atoms with E-state index in [2.05, 4.69) is 0 Å². The first-order valence-electron chi connectivity index (χ1n) is 5.99. The molecule has 2 rings (SSSR count). The summed E-state index contributed by atoms with van der Waals surface area (Å²) in [4.78, 5) is 1.15. The second-order valence-corrected chi connectivity index (χ2v) is 5.11. The third-order valence-corrected chi connectivity index (χ3v) is 3.48. The molecular weight excluding hydrogens is 275 g/mol. The molecule has 2 aromatic rings. The number of halogens is 1. The zero-order chi connectivity index (χ0) is 14.5. The van der Waals surface area contributed by atoms with E-state index in [4.69, 9.17) is 15.9 Å². The Kier molecular flexibility index (Phi) is 4.63. The zero-order valence-corrected chi connectivity index (χ0v) is 11.8. The van der Waals surface area contributed by atoms with Crippen molar-refractivity contribution in [2.75, 3.05) is 6.26 Å². The molecule has 20 heavy (non-hydrogen) atoms. The number of hydrogen-bond donors (Lipinski definition) is 2. The van der Waals surface area contributed by atoms with Crippen LogP contribution >= 0.6 is 11.8 Å². The predicted molar refractivity (Wildman–Crippen MR) is 80.0 cm³/mol. The van der Waals surface area contributed by atoms with E-state index < -0.39 is 5.82 Å². The molecule has 0 aliphatic rings. The van der Waals surface area contributed by atoms with Crippen molar-refractivity contribution < 1.29 is 9.13 Å². The van der Waals surface area contributed by atoms with Gasteiger partial charge in [-0.3, -0.25) is 5.41 Å². The van der Waals surface area contributed by atoms with Crippen molar-refractivity contribution in [1.82, 2.24) is 0 Å². The Morgan fingerprint density at radius 3 is 2.55 bits per heavy atom. The summed E-state index contributed by atoms with van der Waals surface area (Å²) in [6, 6.07) is 11.9. The molecule has 0 bridgehead atoms. The number of hydrogen-bond acceptors (Lipinski definition) is 3. The van der Waals surface area contributed by atoms with Crippen LogP contribution in [-0.2, 0) is 6.61 Å². The van der Waals surface area contributed by atoms with E-state index in [0.29, 0.717) is 11.1 Å². The molecule has 0 radical (unpaired) electrons. The first kappa shape index (κ1) is 14.4. The van der Waals surface area contributed by atoms with Gasteiger partial charge < -0.3 is 10.5 Å². The number of benzene rings is 2. The fraction of sp³-hybridized carbons (Fsp3) is 0.133. The Balaban J connectivity index is 2.08. The molecule has 0 aliphatic heterocycles. The van der Waals surface area contributed by atoms with Crippen LogP contribution in [0.1, 0.15) is 11.1 Å². The second kappa shape index (κ2) is 6.43. The summed E-state index contributed by atoms with van der Waals surface area (Å²) in [5.74, 6) is 0.139. The van der Waals surface area contributed by atoms with Crippen LogP contribution in [0.25, 0.3) is 0 Å². The van der Waals surface area contributed by atoms with Crippen LogP contribution in [-0.4, -0.2) is 12.1 Å². The number of nitrogens with two attached hydrogens (primary N) is 1. The van der Waals surface area contributed by atoms with Gasteiger partial charge in [-0.15, -0.1) is 11.8 Å². The van der Waals surface area contributed by atoms with Crippen molar-refractivity contribution in [3.8, 4) is 5.75 Å². The average molecular weight is 290 g/mol. The topological polar surface area (TPSA) is 59.1 Å². The molecule has 0 unspecified atom stereocenters. The second-order valence-electron chi connectivity index (χ2n) is 4.23. The number of amidine groups is 1. The SMILES string of the molecule is CSc1ccc(OCc2cc(F)cc(C(=N)N)c2)cc1. The summed E-state index contributed by atoms with van der Waals surface area (Å²) in [7, 11) is 0. The first-order chi connectivity index (χ1) is 9.58. The lowest BCUT2D eigenvalue weighted by molar-refractivity contribution is 0.305. The van der Waals surface area contributed by atoms with Gasteiger partial charge in [0.1, 0.15) is 24.0 Å². The van der Waals surface area contributed by atoms with Crippen molar-refractivity contribution in [2.24, 2.45) is 5.73 Å². The van der Waals surface area contributed by atoms with Crippen LogP contribution < -0.4 is 10.5 Å². The molecule has 2 aromatic carbocycles. The van der Waals surface area contributed by atoms with E-state index in [1.54, 1.807) is 17.8 Å². The Labute approximate surface area is 121 Å². The lowest BCUT2D eigenvalue weighted by atomic mass is 10.1. The molecule has 0 atom stereocenters. The maximum absolute atomic E-state index is 13.4. The third-order valence-electron chi connectivity index (χ3n) is 2.73. The van der Waals surface area contributed by atoms with Crippen LogP contribution in [0.2, 0.25) is 0 Å². The number of rotatable bonds is 5. The highest BCUT2D eigenvalue weighted by atomic mass is 32.2. The van der Waals surface area contributed by atoms with Gasteiger partial charge in [-0.05, 0) is 54.3 Å². The molecule has 0 spiro atoms. The summed E-state index contributed by atoms with van der Waals surface area (Å²) >= 11 is 1.66. The van der Waals surface area contributed by atoms with Crippen LogP contribution in [0.5, 0.6) is 5.75 Å². The van der Waals surface area contributed by atoms with Crippen molar-refractivity contribution in [1.29, 1.82) is 5.41 Å². The smallest absolute Gasteiger partial charge is 0.124 e. The summed E-state index contributed by atoms with van der Waals surface area (Å²) < 4.78 is 19.0. The minimum absolute atomic E-state index is 0.157. The number of nitrogen functional groups attached to an aromatic ring is 1. The van der Waals surface area contributed by atoms with Gasteiger partial charge in [-0.25, -0.2) is 4.39 Å². The molecule has 0 saturated heterocycles. The lowest BCUT2D eigenvalue weighted by Crippen LogP contribution is -2.12. The average Bonchev–Trinajstić information content (AvgIpc) is 2.45. The van der Waals surface area contributed by atoms with Crippen molar-refractivity contribution in [3.05, 3.63) is 59.4 Å². The molecule has 0 saturated carbocycles. The van der Waals surface area contributed by atoms with Gasteiger partial charge in [0.15, 0.2) is 0 Å². The number of ether oxygens (including phenoxy) is 1. The third kappa shape index (κ3) is 3.74. The standard InChI is InChI=1S/C15H15FN2OS/c1-20-14-4-2-13(3-5-14)19-9-10-6-11(15(17)18)8-12(16)7-10/h2-8H,9H2,1H3,(H3,17,18). The van der Waals surface area contributed by atoms with E-state index in [-0.39, 0.29) is 12.4 Å². The van der Waals surface area contributed by atoms with Crippen molar-refractivity contribution in [3.63, 3.8) is 0 Å². The van der Waals surface area contributed by atoms with E-state index in [1.165, 1.54) is 12.1 Å². The largest absolute Gasteiger partial charge is 0.489 e. The Morgan fingerprint density at radius 1 is 1.25 bits per heavy atom. The van der Waals surface area contributed by atoms with Gasteiger partial charge in [0.2, 0.25) is 0 Å². The first-order valence-corrected chi connectivity index (χ1v) is 7.21. The molecule has 5 heteroatoms. The van der Waals surface area contributed by atoms with Gasteiger partial charge in [-0.2, -0.15) is 0 Å². The molecular formula is C15H15FN2OS. The summed E-state index contributed by atoms with van der Waals surface area (Å²) in [6.45, 7) is 0.233. The minimum atomic E-state index is -0.422. The Bertz CT molecular complexity index is 614. The van der Waals surface area contributed by atoms with Gasteiger partial charge in [0.05, 0.1) is 0 Å². The van der Waals surface area contributed by atoms with Gasteiger partial charge in [0.25, 0.3) is 0 Å². The van der Waals surface area contributed by atoms with E-state index >= 15 is 0 Å². The quantitative estimate of drug-likeness (QED) is 0.504. The maximum atomic E-state index is 13.4. The van der Waals surface area contributed by atoms with Gasteiger partial charge >= 0.3 is 0 Å². The predicted octanol–water partition coefficient (Wildman–Crippen LogP) is 3.41. The van der Waals surface area contributed by atoms with E-state index in [0.717, 1.165) is 10.6 Å². The monoisotopic (exact) mass is 290 g/mol. The normalized spacial score (nSPS) is 10.3. The van der Waals surface area contributed by atoms with Gasteiger partial charge in [0, 0.05) is 10.5 Å². The zero-order valence-electron chi connectivity index (χ0n) is 11.0. The van der Waals surface area contributed by atoms with Crippen LogP contribution in [0, 0.1) is 11.2 Å². The van der Waals surface area contributed by atoms with Crippen LogP contribution in [0.4, 0.5) is 4.39 Å². The fourth-order valence-corrected chi connectivity index (χ4v) is 2.14. The molecule has 104 valence electrons. The van der Waals surface area contributed by atoms with E-state index in [9.17, 15) is 4.39 Å². The van der Waals surface area contributed by atoms with Gasteiger partial charge in [-0.1, -0.05) is 0 Å². The molecule has 3 N–H and O–H groups in total. The molecule has 3 nitrogen and oxygen atoms in total. The lowest BCUT2D eigenvalue weighted by Gasteiger charge is -2.08. The summed E-state index contributed by atoms with van der Waals surface area (Å²) in [5, 5.41) is 7.34.